The van der Waals surface area contributed by atoms with E-state index in [1.807, 2.05) is 42.5 Å². The molecule has 6 rings (SSSR count). The van der Waals surface area contributed by atoms with E-state index in [9.17, 15) is 9.18 Å². The second-order valence-corrected chi connectivity index (χ2v) is 11.3. The van der Waals surface area contributed by atoms with Crippen molar-refractivity contribution in [3.05, 3.63) is 107 Å². The van der Waals surface area contributed by atoms with Gasteiger partial charge in [0.15, 0.2) is 4.34 Å². The number of carbonyl (C=O) groups excluding carboxylic acids is 1. The minimum Gasteiger partial charge on any atom is -0.489 e. The van der Waals surface area contributed by atoms with Crippen LogP contribution >= 0.6 is 23.1 Å². The molecule has 3 heterocycles. The van der Waals surface area contributed by atoms with Crippen molar-refractivity contribution in [2.45, 2.75) is 23.9 Å². The Morgan fingerprint density at radius 1 is 1.02 bits per heavy atom. The van der Waals surface area contributed by atoms with Crippen molar-refractivity contribution >= 4 is 35.0 Å². The van der Waals surface area contributed by atoms with Crippen LogP contribution in [0.3, 0.4) is 0 Å². The Morgan fingerprint density at radius 2 is 1.81 bits per heavy atom. The number of tetrazole rings is 1. The number of aromatic nitrogens is 6. The molecule has 1 N–H and O–H groups in total. The third-order valence-electron chi connectivity index (χ3n) is 6.41. The van der Waals surface area contributed by atoms with Gasteiger partial charge < -0.3 is 14.8 Å². The normalized spacial score (nSPS) is 14.3. The first-order valence-corrected chi connectivity index (χ1v) is 14.8. The highest BCUT2D eigenvalue weighted by molar-refractivity contribution is 8.01. The molecule has 0 aliphatic carbocycles. The van der Waals surface area contributed by atoms with Gasteiger partial charge in [-0.2, -0.15) is 4.68 Å². The third-order valence-corrected chi connectivity index (χ3v) is 8.54. The lowest BCUT2D eigenvalue weighted by Gasteiger charge is -2.28. The standard InChI is InChI=1S/C29H24FN7O3S2/c1-2-39-27(38)24-23(17-41-29-34-32-26(42-29)19-8-4-3-5-9-19)31-28-33-35-36-37(28)25(24)18-12-14-21(15-13-18)40-16-20-10-6-7-11-22(20)30/h3-15,25H,2,16-17H2,1H3,(H,31,33,36). The molecule has 0 saturated carbocycles. The van der Waals surface area contributed by atoms with Crippen LogP contribution in [-0.2, 0) is 16.1 Å². The molecule has 0 saturated heterocycles. The lowest BCUT2D eigenvalue weighted by Crippen LogP contribution is -2.31. The van der Waals surface area contributed by atoms with Gasteiger partial charge in [-0.1, -0.05) is 88.9 Å². The zero-order chi connectivity index (χ0) is 28.9. The van der Waals surface area contributed by atoms with Gasteiger partial charge in [-0.05, 0) is 41.1 Å². The third kappa shape index (κ3) is 5.87. The van der Waals surface area contributed by atoms with Crippen molar-refractivity contribution in [1.29, 1.82) is 0 Å². The molecule has 212 valence electrons. The molecule has 2 aromatic heterocycles. The van der Waals surface area contributed by atoms with Gasteiger partial charge in [-0.25, -0.2) is 9.18 Å². The van der Waals surface area contributed by atoms with E-state index in [-0.39, 0.29) is 19.0 Å². The fraction of sp³-hybridized carbons (Fsp3) is 0.172. The van der Waals surface area contributed by atoms with E-state index >= 15 is 0 Å². The largest absolute Gasteiger partial charge is 0.489 e. The van der Waals surface area contributed by atoms with Crippen LogP contribution in [0.2, 0.25) is 0 Å². The molecule has 0 radical (unpaired) electrons. The van der Waals surface area contributed by atoms with E-state index in [4.69, 9.17) is 9.47 Å². The SMILES string of the molecule is CCOC(=O)C1=C(CSc2nnc(-c3ccccc3)s2)Nc2nnnn2C1c1ccc(OCc2ccccc2F)cc1. The number of benzene rings is 3. The molecular formula is C29H24FN7O3S2. The van der Waals surface area contributed by atoms with Crippen LogP contribution in [0.5, 0.6) is 5.75 Å². The fourth-order valence-corrected chi connectivity index (χ4v) is 6.25. The van der Waals surface area contributed by atoms with Crippen molar-refractivity contribution in [2.75, 3.05) is 17.7 Å². The van der Waals surface area contributed by atoms with Crippen molar-refractivity contribution in [2.24, 2.45) is 0 Å². The van der Waals surface area contributed by atoms with Gasteiger partial charge >= 0.3 is 5.97 Å². The number of esters is 1. The number of hydrogen-bond acceptors (Lipinski definition) is 11. The van der Waals surface area contributed by atoms with Crippen molar-refractivity contribution in [1.82, 2.24) is 30.4 Å². The zero-order valence-electron chi connectivity index (χ0n) is 22.3. The number of halogens is 1. The number of anilines is 1. The molecule has 0 bridgehead atoms. The summed E-state index contributed by atoms with van der Waals surface area (Å²) < 4.78 is 27.6. The predicted molar refractivity (Wildman–Crippen MR) is 156 cm³/mol. The maximum absolute atomic E-state index is 14.0. The van der Waals surface area contributed by atoms with E-state index in [0.29, 0.717) is 34.3 Å². The van der Waals surface area contributed by atoms with Gasteiger partial charge in [0.25, 0.3) is 0 Å². The molecule has 0 fully saturated rings. The van der Waals surface area contributed by atoms with Gasteiger partial charge in [0.2, 0.25) is 5.95 Å². The molecule has 3 aromatic carbocycles. The molecule has 0 amide bonds. The summed E-state index contributed by atoms with van der Waals surface area (Å²) in [5.74, 6) is 0.523. The number of nitrogens with zero attached hydrogens (tertiary/aromatic N) is 6. The lowest BCUT2D eigenvalue weighted by atomic mass is 9.95. The van der Waals surface area contributed by atoms with Gasteiger partial charge in [0.05, 0.1) is 12.2 Å². The average molecular weight is 602 g/mol. The first-order valence-electron chi connectivity index (χ1n) is 13.0. The zero-order valence-corrected chi connectivity index (χ0v) is 23.9. The number of ether oxygens (including phenoxy) is 2. The maximum atomic E-state index is 14.0. The summed E-state index contributed by atoms with van der Waals surface area (Å²) >= 11 is 2.93. The number of thioether (sulfide) groups is 1. The quantitative estimate of drug-likeness (QED) is 0.162. The van der Waals surface area contributed by atoms with E-state index in [1.165, 1.54) is 29.2 Å². The highest BCUT2D eigenvalue weighted by atomic mass is 32.2. The Bertz CT molecular complexity index is 1720. The number of fused-ring (bicyclic) bond motifs is 1. The molecule has 13 heteroatoms. The molecule has 1 atom stereocenters. The Labute approximate surface area is 248 Å². The molecule has 1 aliphatic heterocycles. The molecule has 5 aromatic rings. The average Bonchev–Trinajstić information content (AvgIpc) is 3.70. The molecule has 42 heavy (non-hydrogen) atoms. The predicted octanol–water partition coefficient (Wildman–Crippen LogP) is 5.53. The summed E-state index contributed by atoms with van der Waals surface area (Å²) in [6.45, 7) is 2.05. The van der Waals surface area contributed by atoms with Crippen LogP contribution < -0.4 is 10.1 Å². The highest BCUT2D eigenvalue weighted by Crippen LogP contribution is 2.38. The minimum absolute atomic E-state index is 0.0868. The molecule has 1 aliphatic rings. The van der Waals surface area contributed by atoms with Crippen LogP contribution in [0, 0.1) is 5.82 Å². The van der Waals surface area contributed by atoms with E-state index in [0.717, 1.165) is 20.5 Å². The number of nitrogens with one attached hydrogen (secondary N) is 1. The molecule has 10 nitrogen and oxygen atoms in total. The smallest absolute Gasteiger partial charge is 0.338 e. The van der Waals surface area contributed by atoms with Gasteiger partial charge in [-0.15, -0.1) is 10.2 Å². The van der Waals surface area contributed by atoms with Gasteiger partial charge in [-0.3, -0.25) is 0 Å². The van der Waals surface area contributed by atoms with Crippen LogP contribution in [0.1, 0.15) is 24.1 Å². The first-order chi connectivity index (χ1) is 20.6. The van der Waals surface area contributed by atoms with Crippen LogP contribution in [0.15, 0.2) is 94.5 Å². The van der Waals surface area contributed by atoms with Crippen LogP contribution in [-0.4, -0.2) is 48.7 Å². The Hall–Kier alpha value is -4.62. The summed E-state index contributed by atoms with van der Waals surface area (Å²) in [6, 6.07) is 22.9. The highest BCUT2D eigenvalue weighted by Gasteiger charge is 2.36. The minimum atomic E-state index is -0.652. The fourth-order valence-electron chi connectivity index (χ4n) is 4.43. The van der Waals surface area contributed by atoms with E-state index in [2.05, 4.69) is 31.0 Å². The number of rotatable bonds is 10. The summed E-state index contributed by atoms with van der Waals surface area (Å²) in [6.07, 6.45) is 0. The second-order valence-electron chi connectivity index (χ2n) is 9.06. The topological polar surface area (TPSA) is 117 Å². The van der Waals surface area contributed by atoms with Crippen molar-refractivity contribution < 1.29 is 18.7 Å². The summed E-state index contributed by atoms with van der Waals surface area (Å²) in [5.41, 5.74) is 3.19. The monoisotopic (exact) mass is 601 g/mol. The first kappa shape index (κ1) is 27.5. The summed E-state index contributed by atoms with van der Waals surface area (Å²) in [5, 5.41) is 24.8. The number of carbonyl (C=O) groups is 1. The van der Waals surface area contributed by atoms with Gasteiger partial charge in [0.1, 0.15) is 29.2 Å². The summed E-state index contributed by atoms with van der Waals surface area (Å²) in [7, 11) is 0. The van der Waals surface area contributed by atoms with Crippen molar-refractivity contribution in [3.63, 3.8) is 0 Å². The Morgan fingerprint density at radius 3 is 2.60 bits per heavy atom. The van der Waals surface area contributed by atoms with Crippen molar-refractivity contribution in [3.8, 4) is 16.3 Å². The van der Waals surface area contributed by atoms with E-state index < -0.39 is 12.0 Å². The van der Waals surface area contributed by atoms with Crippen LogP contribution in [0.4, 0.5) is 10.3 Å². The molecular weight excluding hydrogens is 577 g/mol. The maximum Gasteiger partial charge on any atom is 0.338 e. The number of hydrogen-bond donors (Lipinski definition) is 1. The van der Waals surface area contributed by atoms with E-state index in [1.54, 1.807) is 41.9 Å². The summed E-state index contributed by atoms with van der Waals surface area (Å²) in [4.78, 5) is 13.4. The second kappa shape index (κ2) is 12.5. The Kier molecular flexibility index (Phi) is 8.19. The molecule has 0 spiro atoms. The Balaban J connectivity index is 1.27. The van der Waals surface area contributed by atoms with Gasteiger partial charge in [0, 0.05) is 22.6 Å². The molecule has 1 unspecified atom stereocenters. The lowest BCUT2D eigenvalue weighted by molar-refractivity contribution is -0.139. The van der Waals surface area contributed by atoms with Crippen LogP contribution in [0.25, 0.3) is 10.6 Å².